The molecule has 1 saturated heterocycles. The second kappa shape index (κ2) is 9.74. The summed E-state index contributed by atoms with van der Waals surface area (Å²) in [5.41, 5.74) is 2.04. The van der Waals surface area contributed by atoms with E-state index in [1.807, 2.05) is 41.2 Å². The van der Waals surface area contributed by atoms with Gasteiger partial charge in [-0.1, -0.05) is 43.0 Å². The van der Waals surface area contributed by atoms with Crippen molar-refractivity contribution in [1.82, 2.24) is 30.0 Å². The third kappa shape index (κ3) is 4.64. The van der Waals surface area contributed by atoms with Crippen molar-refractivity contribution in [2.75, 3.05) is 30.3 Å². The van der Waals surface area contributed by atoms with Crippen molar-refractivity contribution in [3.05, 3.63) is 48.3 Å². The molecule has 0 atom stereocenters. The van der Waals surface area contributed by atoms with Gasteiger partial charge in [-0.05, 0) is 37.1 Å². The monoisotopic (exact) mass is 461 g/mol. The molecule has 9 heteroatoms. The minimum atomic E-state index is -0.192. The number of carbonyl (C=O) groups excluding carboxylic acids is 1. The highest BCUT2D eigenvalue weighted by atomic mass is 32.2. The van der Waals surface area contributed by atoms with Gasteiger partial charge in [0.1, 0.15) is 11.5 Å². The number of para-hydroxylation sites is 1. The molecular formula is C24H27N7OS. The predicted molar refractivity (Wildman–Crippen MR) is 132 cm³/mol. The molecule has 5 rings (SSSR count). The molecule has 0 bridgehead atoms. The molecule has 0 saturated carbocycles. The quantitative estimate of drug-likeness (QED) is 0.330. The highest BCUT2D eigenvalue weighted by Crippen LogP contribution is 2.29. The Kier molecular flexibility index (Phi) is 6.39. The summed E-state index contributed by atoms with van der Waals surface area (Å²) in [6.07, 6.45) is 5.49. The Hall–Kier alpha value is -3.20. The van der Waals surface area contributed by atoms with Gasteiger partial charge in [0.05, 0.1) is 23.6 Å². The number of fused-ring (bicyclic) bond motifs is 2. The first kappa shape index (κ1) is 21.6. The van der Waals surface area contributed by atoms with Crippen LogP contribution in [0, 0.1) is 0 Å². The van der Waals surface area contributed by atoms with Crippen LogP contribution >= 0.6 is 11.8 Å². The number of amides is 1. The van der Waals surface area contributed by atoms with Crippen molar-refractivity contribution >= 4 is 45.4 Å². The Morgan fingerprint density at radius 3 is 2.76 bits per heavy atom. The van der Waals surface area contributed by atoms with Crippen LogP contribution in [0.3, 0.4) is 0 Å². The van der Waals surface area contributed by atoms with Crippen molar-refractivity contribution in [2.45, 2.75) is 37.9 Å². The van der Waals surface area contributed by atoms with E-state index in [0.29, 0.717) is 18.8 Å². The van der Waals surface area contributed by atoms with Crippen LogP contribution in [0.25, 0.3) is 21.9 Å². The molecule has 1 fully saturated rings. The fraction of sp³-hybridized carbons (Fsp3) is 0.375. The minimum absolute atomic E-state index is 0.192. The van der Waals surface area contributed by atoms with Gasteiger partial charge in [-0.3, -0.25) is 4.79 Å². The molecule has 0 unspecified atom stereocenters. The number of nitrogens with one attached hydrogen (secondary N) is 1. The van der Waals surface area contributed by atoms with E-state index in [1.54, 1.807) is 17.8 Å². The molecule has 4 aromatic rings. The van der Waals surface area contributed by atoms with Crippen LogP contribution < -0.4 is 10.2 Å². The minimum Gasteiger partial charge on any atom is -0.356 e. The van der Waals surface area contributed by atoms with Gasteiger partial charge in [0.25, 0.3) is 5.91 Å². The number of hydrogen-bond acceptors (Lipinski definition) is 7. The zero-order chi connectivity index (χ0) is 22.6. The normalized spacial score (nSPS) is 14.2. The largest absolute Gasteiger partial charge is 0.356 e. The molecule has 0 radical (unpaired) electrons. The SMILES string of the molecule is CCSc1nc(N2CCCCC2)c2cnn(CCNC(=O)c3ccc4ccccc4n3)c2n1. The molecule has 1 amide bonds. The molecule has 0 spiro atoms. The van der Waals surface area contributed by atoms with E-state index in [1.165, 1.54) is 19.3 Å². The van der Waals surface area contributed by atoms with E-state index in [4.69, 9.17) is 9.97 Å². The molecule has 33 heavy (non-hydrogen) atoms. The summed E-state index contributed by atoms with van der Waals surface area (Å²) in [6.45, 7) is 5.09. The second-order valence-electron chi connectivity index (χ2n) is 8.06. The van der Waals surface area contributed by atoms with Crippen molar-refractivity contribution < 1.29 is 4.79 Å². The van der Waals surface area contributed by atoms with Gasteiger partial charge < -0.3 is 10.2 Å². The van der Waals surface area contributed by atoms with Crippen LogP contribution in [0.1, 0.15) is 36.7 Å². The summed E-state index contributed by atoms with van der Waals surface area (Å²) >= 11 is 1.64. The van der Waals surface area contributed by atoms with Gasteiger partial charge in [0, 0.05) is 25.0 Å². The molecule has 1 aliphatic rings. The summed E-state index contributed by atoms with van der Waals surface area (Å²) in [7, 11) is 0. The maximum atomic E-state index is 12.6. The molecule has 1 aliphatic heterocycles. The molecule has 170 valence electrons. The van der Waals surface area contributed by atoms with E-state index < -0.39 is 0 Å². The molecule has 4 heterocycles. The third-order valence-electron chi connectivity index (χ3n) is 5.82. The van der Waals surface area contributed by atoms with Gasteiger partial charge in [-0.15, -0.1) is 0 Å². The van der Waals surface area contributed by atoms with Gasteiger partial charge in [0.15, 0.2) is 10.8 Å². The van der Waals surface area contributed by atoms with Gasteiger partial charge >= 0.3 is 0 Å². The summed E-state index contributed by atoms with van der Waals surface area (Å²) in [5, 5.41) is 10.3. The van der Waals surface area contributed by atoms with Crippen LogP contribution in [0.4, 0.5) is 5.82 Å². The average molecular weight is 462 g/mol. The van der Waals surface area contributed by atoms with Crippen LogP contribution in [0.2, 0.25) is 0 Å². The molecular weight excluding hydrogens is 434 g/mol. The van der Waals surface area contributed by atoms with Crippen LogP contribution in [0.5, 0.6) is 0 Å². The number of thioether (sulfide) groups is 1. The van der Waals surface area contributed by atoms with E-state index in [0.717, 1.165) is 51.8 Å². The number of rotatable bonds is 7. The number of hydrogen-bond donors (Lipinski definition) is 1. The summed E-state index contributed by atoms with van der Waals surface area (Å²) in [6, 6.07) is 11.5. The average Bonchev–Trinajstić information content (AvgIpc) is 3.26. The van der Waals surface area contributed by atoms with Crippen molar-refractivity contribution in [1.29, 1.82) is 0 Å². The topological polar surface area (TPSA) is 88.8 Å². The zero-order valence-electron chi connectivity index (χ0n) is 18.7. The molecule has 1 N–H and O–H groups in total. The Bertz CT molecular complexity index is 1280. The molecule has 3 aromatic heterocycles. The van der Waals surface area contributed by atoms with Crippen molar-refractivity contribution in [3.63, 3.8) is 0 Å². The molecule has 0 aliphatic carbocycles. The fourth-order valence-electron chi connectivity index (χ4n) is 4.18. The Morgan fingerprint density at radius 2 is 1.91 bits per heavy atom. The first-order valence-corrected chi connectivity index (χ1v) is 12.5. The maximum absolute atomic E-state index is 12.6. The van der Waals surface area contributed by atoms with Crippen molar-refractivity contribution in [3.8, 4) is 0 Å². The lowest BCUT2D eigenvalue weighted by molar-refractivity contribution is 0.0947. The van der Waals surface area contributed by atoms with Gasteiger partial charge in [-0.2, -0.15) is 5.10 Å². The lowest BCUT2D eigenvalue weighted by atomic mass is 10.1. The Morgan fingerprint density at radius 1 is 1.06 bits per heavy atom. The van der Waals surface area contributed by atoms with Crippen molar-refractivity contribution in [2.24, 2.45) is 0 Å². The van der Waals surface area contributed by atoms with E-state index in [9.17, 15) is 4.79 Å². The highest BCUT2D eigenvalue weighted by molar-refractivity contribution is 7.99. The maximum Gasteiger partial charge on any atom is 0.269 e. The lowest BCUT2D eigenvalue weighted by Crippen LogP contribution is -2.30. The lowest BCUT2D eigenvalue weighted by Gasteiger charge is -2.28. The standard InChI is InChI=1S/C24H27N7OS/c1-2-33-24-28-21(30-13-6-3-7-14-30)18-16-26-31(22(18)29-24)15-12-25-23(32)20-11-10-17-8-4-5-9-19(17)27-20/h4-5,8-11,16H,2-3,6-7,12-15H2,1H3,(H,25,32). The number of nitrogens with zero attached hydrogens (tertiary/aromatic N) is 6. The Labute approximate surface area is 196 Å². The van der Waals surface area contributed by atoms with Crippen LogP contribution in [-0.2, 0) is 6.54 Å². The fourth-order valence-corrected chi connectivity index (χ4v) is 4.74. The third-order valence-corrected chi connectivity index (χ3v) is 6.55. The number of anilines is 1. The number of carbonyl (C=O) groups is 1. The summed E-state index contributed by atoms with van der Waals surface area (Å²) in [4.78, 5) is 29.1. The van der Waals surface area contributed by atoms with E-state index in [-0.39, 0.29) is 5.91 Å². The first-order chi connectivity index (χ1) is 16.2. The summed E-state index contributed by atoms with van der Waals surface area (Å²) < 4.78 is 1.86. The molecule has 8 nitrogen and oxygen atoms in total. The highest BCUT2D eigenvalue weighted by Gasteiger charge is 2.20. The number of benzene rings is 1. The van der Waals surface area contributed by atoms with Crippen LogP contribution in [0.15, 0.2) is 47.8 Å². The molecule has 1 aromatic carbocycles. The zero-order valence-corrected chi connectivity index (χ0v) is 19.5. The number of piperidine rings is 1. The van der Waals surface area contributed by atoms with E-state index in [2.05, 4.69) is 27.2 Å². The smallest absolute Gasteiger partial charge is 0.269 e. The first-order valence-electron chi connectivity index (χ1n) is 11.5. The summed E-state index contributed by atoms with van der Waals surface area (Å²) in [5.74, 6) is 1.70. The Balaban J connectivity index is 1.33. The number of pyridine rings is 1. The van der Waals surface area contributed by atoms with Gasteiger partial charge in [0.2, 0.25) is 0 Å². The van der Waals surface area contributed by atoms with E-state index >= 15 is 0 Å². The van der Waals surface area contributed by atoms with Gasteiger partial charge in [-0.25, -0.2) is 19.6 Å². The van der Waals surface area contributed by atoms with Crippen LogP contribution in [-0.4, -0.2) is 56.0 Å². The number of aromatic nitrogens is 5. The second-order valence-corrected chi connectivity index (χ2v) is 9.29. The predicted octanol–water partition coefficient (Wildman–Crippen LogP) is 3.91.